The Morgan fingerprint density at radius 3 is 2.29 bits per heavy atom. The molecule has 0 radical (unpaired) electrons. The number of anilines is 1. The summed E-state index contributed by atoms with van der Waals surface area (Å²) in [6, 6.07) is 18.2. The summed E-state index contributed by atoms with van der Waals surface area (Å²) in [4.78, 5) is 35.8. The van der Waals surface area contributed by atoms with Crippen LogP contribution in [0.3, 0.4) is 0 Å². The van der Waals surface area contributed by atoms with Crippen LogP contribution in [-0.2, 0) is 19.9 Å². The lowest BCUT2D eigenvalue weighted by molar-refractivity contribution is 0.0926. The van der Waals surface area contributed by atoms with E-state index in [0.717, 1.165) is 22.7 Å². The fraction of sp³-hybridized carbons (Fsp3) is 0.125. The number of amides is 2. The Bertz CT molecular complexity index is 1360. The SMILES string of the molecule is Cn1c(CCc2ccc(C#N)cc2)nc2cc(N3C(=O)c4ccccc4C3=O)cnc21. The van der Waals surface area contributed by atoms with E-state index >= 15 is 0 Å². The number of pyridine rings is 1. The van der Waals surface area contributed by atoms with Crippen molar-refractivity contribution in [3.63, 3.8) is 0 Å². The lowest BCUT2D eigenvalue weighted by atomic mass is 10.1. The zero-order valence-electron chi connectivity index (χ0n) is 16.7. The summed E-state index contributed by atoms with van der Waals surface area (Å²) < 4.78 is 1.92. The molecule has 1 aliphatic rings. The van der Waals surface area contributed by atoms with E-state index in [1.165, 1.54) is 6.20 Å². The zero-order chi connectivity index (χ0) is 21.5. The van der Waals surface area contributed by atoms with Crippen LogP contribution in [0.1, 0.15) is 37.7 Å². The van der Waals surface area contributed by atoms with Crippen molar-refractivity contribution in [3.8, 4) is 6.07 Å². The van der Waals surface area contributed by atoms with Crippen molar-refractivity contribution in [1.29, 1.82) is 5.26 Å². The molecule has 1 aliphatic heterocycles. The fourth-order valence-corrected chi connectivity index (χ4v) is 3.88. The van der Waals surface area contributed by atoms with Crippen LogP contribution >= 0.6 is 0 Å². The summed E-state index contributed by atoms with van der Waals surface area (Å²) in [6.07, 6.45) is 3.01. The van der Waals surface area contributed by atoms with Crippen LogP contribution in [0.2, 0.25) is 0 Å². The van der Waals surface area contributed by atoms with Gasteiger partial charge in [0.25, 0.3) is 11.8 Å². The minimum absolute atomic E-state index is 0.348. The molecule has 0 saturated heterocycles. The number of nitrogens with zero attached hydrogens (tertiary/aromatic N) is 5. The standard InChI is InChI=1S/C24H17N5O2/c1-28-21(11-10-15-6-8-16(13-25)9-7-15)27-20-12-17(14-26-22(20)28)29-23(30)18-4-2-3-5-19(18)24(29)31/h2-9,12,14H,10-11H2,1H3. The van der Waals surface area contributed by atoms with Crippen LogP contribution in [-0.4, -0.2) is 26.3 Å². The Labute approximate surface area is 178 Å². The maximum absolute atomic E-state index is 12.8. The Hall–Kier alpha value is -4.31. The molecule has 0 N–H and O–H groups in total. The van der Waals surface area contributed by atoms with Crippen molar-refractivity contribution >= 4 is 28.7 Å². The Morgan fingerprint density at radius 2 is 1.65 bits per heavy atom. The topological polar surface area (TPSA) is 91.9 Å². The molecular formula is C24H17N5O2. The average molecular weight is 407 g/mol. The first-order valence-electron chi connectivity index (χ1n) is 9.85. The molecule has 31 heavy (non-hydrogen) atoms. The molecule has 2 aromatic carbocycles. The summed E-state index contributed by atoms with van der Waals surface area (Å²) in [7, 11) is 1.90. The Kier molecular flexibility index (Phi) is 4.33. The lowest BCUT2D eigenvalue weighted by Crippen LogP contribution is -2.29. The molecule has 7 heteroatoms. The van der Waals surface area contributed by atoms with Gasteiger partial charge in [0.15, 0.2) is 5.65 Å². The summed E-state index contributed by atoms with van der Waals surface area (Å²) in [5.41, 5.74) is 4.28. The van der Waals surface area contributed by atoms with E-state index in [4.69, 9.17) is 10.2 Å². The molecule has 5 rings (SSSR count). The van der Waals surface area contributed by atoms with Crippen LogP contribution < -0.4 is 4.90 Å². The van der Waals surface area contributed by atoms with Gasteiger partial charge in [0.05, 0.1) is 34.6 Å². The molecule has 0 bridgehead atoms. The zero-order valence-corrected chi connectivity index (χ0v) is 16.7. The maximum Gasteiger partial charge on any atom is 0.266 e. The van der Waals surface area contributed by atoms with E-state index in [2.05, 4.69) is 11.1 Å². The van der Waals surface area contributed by atoms with E-state index in [1.807, 2.05) is 23.7 Å². The van der Waals surface area contributed by atoms with Crippen molar-refractivity contribution in [3.05, 3.63) is 88.9 Å². The van der Waals surface area contributed by atoms with Crippen molar-refractivity contribution in [2.75, 3.05) is 4.90 Å². The first kappa shape index (κ1) is 18.7. The van der Waals surface area contributed by atoms with Gasteiger partial charge in [0.2, 0.25) is 0 Å². The molecule has 0 unspecified atom stereocenters. The van der Waals surface area contributed by atoms with Crippen molar-refractivity contribution in [2.24, 2.45) is 7.05 Å². The highest BCUT2D eigenvalue weighted by Gasteiger charge is 2.36. The number of nitriles is 1. The van der Waals surface area contributed by atoms with Gasteiger partial charge in [-0.25, -0.2) is 14.9 Å². The minimum atomic E-state index is -0.348. The van der Waals surface area contributed by atoms with E-state index in [1.54, 1.807) is 42.5 Å². The molecule has 0 spiro atoms. The van der Waals surface area contributed by atoms with Gasteiger partial charge >= 0.3 is 0 Å². The predicted octanol–water partition coefficient (Wildman–Crippen LogP) is 3.43. The van der Waals surface area contributed by atoms with Gasteiger partial charge in [-0.1, -0.05) is 24.3 Å². The Balaban J connectivity index is 1.43. The number of aryl methyl sites for hydroxylation is 3. The minimum Gasteiger partial charge on any atom is -0.316 e. The number of rotatable bonds is 4. The van der Waals surface area contributed by atoms with E-state index in [9.17, 15) is 9.59 Å². The highest BCUT2D eigenvalue weighted by Crippen LogP contribution is 2.29. The second-order valence-corrected chi connectivity index (χ2v) is 7.42. The molecule has 0 aliphatic carbocycles. The van der Waals surface area contributed by atoms with E-state index in [-0.39, 0.29) is 11.8 Å². The maximum atomic E-state index is 12.8. The number of imide groups is 1. The number of carbonyl (C=O) groups is 2. The number of carbonyl (C=O) groups excluding carboxylic acids is 2. The van der Waals surface area contributed by atoms with Gasteiger partial charge in [-0.15, -0.1) is 0 Å². The number of hydrogen-bond acceptors (Lipinski definition) is 5. The lowest BCUT2D eigenvalue weighted by Gasteiger charge is -2.13. The van der Waals surface area contributed by atoms with Gasteiger partial charge in [0.1, 0.15) is 11.3 Å². The second kappa shape index (κ2) is 7.18. The molecule has 2 aromatic heterocycles. The first-order valence-corrected chi connectivity index (χ1v) is 9.85. The normalized spacial score (nSPS) is 13.0. The molecule has 4 aromatic rings. The second-order valence-electron chi connectivity index (χ2n) is 7.42. The third-order valence-electron chi connectivity index (χ3n) is 5.56. The van der Waals surface area contributed by atoms with Crippen LogP contribution in [0.4, 0.5) is 5.69 Å². The van der Waals surface area contributed by atoms with Gasteiger partial charge in [-0.2, -0.15) is 5.26 Å². The number of benzene rings is 2. The van der Waals surface area contributed by atoms with Gasteiger partial charge < -0.3 is 4.57 Å². The summed E-state index contributed by atoms with van der Waals surface area (Å²) >= 11 is 0. The monoisotopic (exact) mass is 407 g/mol. The number of fused-ring (bicyclic) bond motifs is 2. The molecule has 150 valence electrons. The van der Waals surface area contributed by atoms with Gasteiger partial charge in [0, 0.05) is 13.5 Å². The summed E-state index contributed by atoms with van der Waals surface area (Å²) in [5, 5.41) is 8.92. The largest absolute Gasteiger partial charge is 0.316 e. The van der Waals surface area contributed by atoms with Crippen molar-refractivity contribution in [1.82, 2.24) is 14.5 Å². The van der Waals surface area contributed by atoms with Gasteiger partial charge in [-0.05, 0) is 42.3 Å². The van der Waals surface area contributed by atoms with E-state index < -0.39 is 0 Å². The van der Waals surface area contributed by atoms with E-state index in [0.29, 0.717) is 40.0 Å². The van der Waals surface area contributed by atoms with Crippen LogP contribution in [0.15, 0.2) is 60.8 Å². The molecule has 0 atom stereocenters. The molecular weight excluding hydrogens is 390 g/mol. The number of hydrogen-bond donors (Lipinski definition) is 0. The molecule has 0 fully saturated rings. The van der Waals surface area contributed by atoms with Crippen LogP contribution in [0.25, 0.3) is 11.2 Å². The third kappa shape index (κ3) is 3.06. The van der Waals surface area contributed by atoms with Crippen LogP contribution in [0, 0.1) is 11.3 Å². The fourth-order valence-electron chi connectivity index (χ4n) is 3.88. The average Bonchev–Trinajstić information content (AvgIpc) is 3.25. The predicted molar refractivity (Wildman–Crippen MR) is 115 cm³/mol. The molecule has 3 heterocycles. The molecule has 0 saturated carbocycles. The summed E-state index contributed by atoms with van der Waals surface area (Å²) in [5.74, 6) is 0.156. The quantitative estimate of drug-likeness (QED) is 0.483. The van der Waals surface area contributed by atoms with Crippen molar-refractivity contribution in [2.45, 2.75) is 12.8 Å². The number of aromatic nitrogens is 3. The highest BCUT2D eigenvalue weighted by molar-refractivity contribution is 6.34. The molecule has 2 amide bonds. The van der Waals surface area contributed by atoms with Gasteiger partial charge in [-0.3, -0.25) is 9.59 Å². The van der Waals surface area contributed by atoms with Crippen LogP contribution in [0.5, 0.6) is 0 Å². The highest BCUT2D eigenvalue weighted by atomic mass is 16.2. The number of imidazole rings is 1. The smallest absolute Gasteiger partial charge is 0.266 e. The van der Waals surface area contributed by atoms with Crippen molar-refractivity contribution < 1.29 is 9.59 Å². The molecule has 7 nitrogen and oxygen atoms in total. The summed E-state index contributed by atoms with van der Waals surface area (Å²) in [6.45, 7) is 0. The first-order chi connectivity index (χ1) is 15.1. The Morgan fingerprint density at radius 1 is 0.968 bits per heavy atom. The third-order valence-corrected chi connectivity index (χ3v) is 5.56.